The van der Waals surface area contributed by atoms with Crippen LogP contribution in [0.4, 0.5) is 0 Å². The van der Waals surface area contributed by atoms with Gasteiger partial charge in [0, 0.05) is 6.07 Å². The molecule has 2 rings (SSSR count). The van der Waals surface area contributed by atoms with Gasteiger partial charge in [-0.3, -0.25) is 0 Å². The summed E-state index contributed by atoms with van der Waals surface area (Å²) in [5.41, 5.74) is 0.750. The molecule has 1 N–H and O–H groups in total. The van der Waals surface area contributed by atoms with Gasteiger partial charge in [-0.2, -0.15) is 4.68 Å². The molecule has 0 aliphatic rings. The maximum Gasteiger partial charge on any atom is 0.170 e. The number of aromatic nitrogens is 4. The Morgan fingerprint density at radius 2 is 2.11 bits per heavy atom. The Bertz CT molecular complexity index is 541. The van der Waals surface area contributed by atoms with Gasteiger partial charge in [0.05, 0.1) is 20.8 Å². The Morgan fingerprint density at radius 3 is 2.79 bits per heavy atom. The van der Waals surface area contributed by atoms with E-state index in [0.717, 1.165) is 18.0 Å². The number of nitrogens with zero attached hydrogens (tertiary/aromatic N) is 4. The van der Waals surface area contributed by atoms with Crippen molar-refractivity contribution in [3.63, 3.8) is 0 Å². The molecule has 0 unspecified atom stereocenters. The van der Waals surface area contributed by atoms with E-state index >= 15 is 0 Å². The molecule has 0 saturated carbocycles. The standard InChI is InChI=1S/C12H17N5O2/c1-4-13-8-12-14-15-16-17(12)10-7-9(18-2)5-6-11(10)19-3/h5-7,13H,4,8H2,1-3H3. The van der Waals surface area contributed by atoms with Gasteiger partial charge in [-0.15, -0.1) is 5.10 Å². The number of nitrogens with one attached hydrogen (secondary N) is 1. The van der Waals surface area contributed by atoms with E-state index in [1.807, 2.05) is 25.1 Å². The van der Waals surface area contributed by atoms with Gasteiger partial charge in [-0.05, 0) is 29.1 Å². The summed E-state index contributed by atoms with van der Waals surface area (Å²) in [6.45, 7) is 3.46. The van der Waals surface area contributed by atoms with Crippen LogP contribution in [0.5, 0.6) is 11.5 Å². The zero-order valence-electron chi connectivity index (χ0n) is 11.3. The van der Waals surface area contributed by atoms with Crippen molar-refractivity contribution in [1.82, 2.24) is 25.5 Å². The summed E-state index contributed by atoms with van der Waals surface area (Å²) in [5, 5.41) is 14.9. The second-order valence-corrected chi connectivity index (χ2v) is 3.83. The Labute approximate surface area is 111 Å². The summed E-state index contributed by atoms with van der Waals surface area (Å²) in [6.07, 6.45) is 0. The fraction of sp³-hybridized carbons (Fsp3) is 0.417. The summed E-state index contributed by atoms with van der Waals surface area (Å²) >= 11 is 0. The van der Waals surface area contributed by atoms with E-state index in [2.05, 4.69) is 20.8 Å². The van der Waals surface area contributed by atoms with Crippen molar-refractivity contribution in [2.75, 3.05) is 20.8 Å². The van der Waals surface area contributed by atoms with Crippen LogP contribution in [0.25, 0.3) is 5.69 Å². The number of benzene rings is 1. The summed E-state index contributed by atoms with van der Waals surface area (Å²) in [7, 11) is 3.23. The highest BCUT2D eigenvalue weighted by molar-refractivity contribution is 5.50. The topological polar surface area (TPSA) is 74.1 Å². The van der Waals surface area contributed by atoms with Gasteiger partial charge in [0.1, 0.15) is 17.2 Å². The molecule has 0 atom stereocenters. The lowest BCUT2D eigenvalue weighted by Gasteiger charge is -2.11. The van der Waals surface area contributed by atoms with E-state index in [1.165, 1.54) is 0 Å². The number of tetrazole rings is 1. The maximum atomic E-state index is 5.34. The van der Waals surface area contributed by atoms with E-state index in [1.54, 1.807) is 18.9 Å². The van der Waals surface area contributed by atoms with Crippen LogP contribution in [-0.4, -0.2) is 41.0 Å². The van der Waals surface area contributed by atoms with Gasteiger partial charge in [0.25, 0.3) is 0 Å². The fourth-order valence-electron chi connectivity index (χ4n) is 1.70. The fourth-order valence-corrected chi connectivity index (χ4v) is 1.70. The first kappa shape index (κ1) is 13.3. The predicted molar refractivity (Wildman–Crippen MR) is 69.6 cm³/mol. The minimum atomic E-state index is 0.587. The van der Waals surface area contributed by atoms with Crippen LogP contribution in [0.15, 0.2) is 18.2 Å². The van der Waals surface area contributed by atoms with E-state index in [-0.39, 0.29) is 0 Å². The molecule has 7 heteroatoms. The number of rotatable bonds is 6. The normalized spacial score (nSPS) is 10.5. The van der Waals surface area contributed by atoms with Gasteiger partial charge >= 0.3 is 0 Å². The molecule has 7 nitrogen and oxygen atoms in total. The van der Waals surface area contributed by atoms with E-state index in [9.17, 15) is 0 Å². The van der Waals surface area contributed by atoms with Gasteiger partial charge in [-0.25, -0.2) is 0 Å². The van der Waals surface area contributed by atoms with Crippen LogP contribution in [-0.2, 0) is 6.54 Å². The van der Waals surface area contributed by atoms with Gasteiger partial charge in [0.2, 0.25) is 0 Å². The molecule has 2 aromatic rings. The van der Waals surface area contributed by atoms with Crippen LogP contribution in [0.3, 0.4) is 0 Å². The highest BCUT2D eigenvalue weighted by atomic mass is 16.5. The van der Waals surface area contributed by atoms with Crippen LogP contribution >= 0.6 is 0 Å². The molecule has 0 aliphatic heterocycles. The molecule has 0 fully saturated rings. The Balaban J connectivity index is 2.42. The van der Waals surface area contributed by atoms with Crippen molar-refractivity contribution in [3.8, 4) is 17.2 Å². The monoisotopic (exact) mass is 263 g/mol. The van der Waals surface area contributed by atoms with E-state index < -0.39 is 0 Å². The van der Waals surface area contributed by atoms with Crippen molar-refractivity contribution >= 4 is 0 Å². The average molecular weight is 263 g/mol. The zero-order chi connectivity index (χ0) is 13.7. The molecule has 0 saturated heterocycles. The lowest BCUT2D eigenvalue weighted by atomic mass is 10.2. The molecule has 1 aromatic carbocycles. The van der Waals surface area contributed by atoms with Crippen LogP contribution in [0, 0.1) is 0 Å². The smallest absolute Gasteiger partial charge is 0.170 e. The number of hydrogen-bond donors (Lipinski definition) is 1. The highest BCUT2D eigenvalue weighted by Gasteiger charge is 2.13. The summed E-state index contributed by atoms with van der Waals surface area (Å²) in [5.74, 6) is 2.12. The molecular weight excluding hydrogens is 246 g/mol. The van der Waals surface area contributed by atoms with Crippen LogP contribution in [0.2, 0.25) is 0 Å². The van der Waals surface area contributed by atoms with Crippen molar-refractivity contribution in [2.45, 2.75) is 13.5 Å². The Morgan fingerprint density at radius 1 is 1.26 bits per heavy atom. The molecule has 0 amide bonds. The third-order valence-corrected chi connectivity index (χ3v) is 2.68. The van der Waals surface area contributed by atoms with Crippen LogP contribution in [0.1, 0.15) is 12.7 Å². The second kappa shape index (κ2) is 6.14. The quantitative estimate of drug-likeness (QED) is 0.830. The lowest BCUT2D eigenvalue weighted by Crippen LogP contribution is -2.16. The molecule has 102 valence electrons. The predicted octanol–water partition coefficient (Wildman–Crippen LogP) is 0.789. The van der Waals surface area contributed by atoms with Crippen molar-refractivity contribution in [1.29, 1.82) is 0 Å². The van der Waals surface area contributed by atoms with Crippen molar-refractivity contribution in [3.05, 3.63) is 24.0 Å². The minimum absolute atomic E-state index is 0.587. The minimum Gasteiger partial charge on any atom is -0.497 e. The van der Waals surface area contributed by atoms with Gasteiger partial charge in [-0.1, -0.05) is 6.92 Å². The molecule has 1 heterocycles. The molecule has 0 bridgehead atoms. The second-order valence-electron chi connectivity index (χ2n) is 3.83. The largest absolute Gasteiger partial charge is 0.497 e. The number of methoxy groups -OCH3 is 2. The van der Waals surface area contributed by atoms with E-state index in [4.69, 9.17) is 9.47 Å². The number of ether oxygens (including phenoxy) is 2. The summed E-state index contributed by atoms with van der Waals surface area (Å²) in [6, 6.07) is 5.49. The first-order valence-corrected chi connectivity index (χ1v) is 6.00. The van der Waals surface area contributed by atoms with Crippen molar-refractivity contribution in [2.24, 2.45) is 0 Å². The molecule has 0 spiro atoms. The molecule has 19 heavy (non-hydrogen) atoms. The van der Waals surface area contributed by atoms with Crippen molar-refractivity contribution < 1.29 is 9.47 Å². The highest BCUT2D eigenvalue weighted by Crippen LogP contribution is 2.27. The molecule has 0 radical (unpaired) electrons. The average Bonchev–Trinajstić information content (AvgIpc) is 2.92. The first-order chi connectivity index (χ1) is 9.30. The van der Waals surface area contributed by atoms with Gasteiger partial charge in [0.15, 0.2) is 5.82 Å². The third-order valence-electron chi connectivity index (χ3n) is 2.68. The maximum absolute atomic E-state index is 5.34. The SMILES string of the molecule is CCNCc1nnnn1-c1cc(OC)ccc1OC. The third kappa shape index (κ3) is 2.82. The molecule has 0 aliphatic carbocycles. The van der Waals surface area contributed by atoms with Crippen LogP contribution < -0.4 is 14.8 Å². The lowest BCUT2D eigenvalue weighted by molar-refractivity contribution is 0.400. The molecular formula is C12H17N5O2. The zero-order valence-corrected chi connectivity index (χ0v) is 11.3. The van der Waals surface area contributed by atoms with E-state index in [0.29, 0.717) is 18.1 Å². The summed E-state index contributed by atoms with van der Waals surface area (Å²) in [4.78, 5) is 0. The molecule has 1 aromatic heterocycles. The number of hydrogen-bond acceptors (Lipinski definition) is 6. The van der Waals surface area contributed by atoms with Gasteiger partial charge < -0.3 is 14.8 Å². The summed E-state index contributed by atoms with van der Waals surface area (Å²) < 4.78 is 12.2. The first-order valence-electron chi connectivity index (χ1n) is 6.00. The Hall–Kier alpha value is -2.15. The Kier molecular flexibility index (Phi) is 4.30.